The van der Waals surface area contributed by atoms with Crippen LogP contribution in [0.5, 0.6) is 0 Å². The van der Waals surface area contributed by atoms with Gasteiger partial charge in [0, 0.05) is 5.88 Å². The topological polar surface area (TPSA) is 0 Å². The van der Waals surface area contributed by atoms with Crippen LogP contribution in [0.15, 0.2) is 11.5 Å². The van der Waals surface area contributed by atoms with E-state index in [2.05, 4.69) is 47.6 Å². The molecule has 0 bridgehead atoms. The summed E-state index contributed by atoms with van der Waals surface area (Å²) in [5.74, 6) is 4.35. The van der Waals surface area contributed by atoms with Crippen LogP contribution in [0.1, 0.15) is 73.6 Å². The van der Waals surface area contributed by atoms with Gasteiger partial charge in [-0.25, -0.2) is 0 Å². The Morgan fingerprint density at radius 1 is 0.952 bits per heavy atom. The van der Waals surface area contributed by atoms with Crippen LogP contribution < -0.4 is 0 Å². The van der Waals surface area contributed by atoms with E-state index in [-0.39, 0.29) is 0 Å². The minimum atomic E-state index is 0.643. The molecule has 1 aliphatic carbocycles. The van der Waals surface area contributed by atoms with Crippen molar-refractivity contribution in [1.82, 2.24) is 0 Å². The van der Waals surface area contributed by atoms with Crippen molar-refractivity contribution in [1.29, 1.82) is 0 Å². The molecule has 0 aromatic carbocycles. The summed E-state index contributed by atoms with van der Waals surface area (Å²) in [5.41, 5.74) is 1.53. The second kappa shape index (κ2) is 9.28. The Morgan fingerprint density at radius 2 is 1.43 bits per heavy atom. The molecular formula is C19H36BCl. The number of halogens is 1. The molecule has 0 nitrogen and oxygen atoms in total. The molecule has 0 heterocycles. The molecule has 2 unspecified atom stereocenters. The average Bonchev–Trinajstić information content (AvgIpc) is 2.46. The fourth-order valence-corrected chi connectivity index (χ4v) is 4.10. The van der Waals surface area contributed by atoms with E-state index in [9.17, 15) is 0 Å². The van der Waals surface area contributed by atoms with Crippen LogP contribution in [0, 0.1) is 17.8 Å². The Balaban J connectivity index is 2.98. The summed E-state index contributed by atoms with van der Waals surface area (Å²) in [5, 5.41) is 0. The standard InChI is InChI=1S/C19H36BCl/c1-14(2)16(5)20(17(6)15(3)4)19(13-21)12-18-10-8-7-9-11-18/h12,14-18H,7-11,13H2,1-6H3/b19-12+. The van der Waals surface area contributed by atoms with Crippen molar-refractivity contribution in [2.75, 3.05) is 5.88 Å². The van der Waals surface area contributed by atoms with Gasteiger partial charge in [-0.15, -0.1) is 11.6 Å². The van der Waals surface area contributed by atoms with Gasteiger partial charge in [-0.3, -0.25) is 0 Å². The molecule has 122 valence electrons. The highest BCUT2D eigenvalue weighted by Crippen LogP contribution is 2.38. The normalized spacial score (nSPS) is 20.9. The zero-order chi connectivity index (χ0) is 16.0. The van der Waals surface area contributed by atoms with Crippen molar-refractivity contribution in [2.45, 2.75) is 85.3 Å². The van der Waals surface area contributed by atoms with E-state index in [1.54, 1.807) is 0 Å². The van der Waals surface area contributed by atoms with Gasteiger partial charge in [0.2, 0.25) is 0 Å². The third-order valence-corrected chi connectivity index (χ3v) is 6.23. The molecule has 0 aliphatic heterocycles. The van der Waals surface area contributed by atoms with Crippen LogP contribution in [0.4, 0.5) is 0 Å². The lowest BCUT2D eigenvalue weighted by atomic mass is 9.28. The monoisotopic (exact) mass is 310 g/mol. The summed E-state index contributed by atoms with van der Waals surface area (Å²) in [4.78, 5) is 0. The predicted molar refractivity (Wildman–Crippen MR) is 99.7 cm³/mol. The van der Waals surface area contributed by atoms with E-state index in [4.69, 9.17) is 11.6 Å². The minimum Gasteiger partial charge on any atom is -0.123 e. The van der Waals surface area contributed by atoms with Crippen LogP contribution in [0.2, 0.25) is 11.6 Å². The van der Waals surface area contributed by atoms with Crippen molar-refractivity contribution in [3.8, 4) is 0 Å². The quantitative estimate of drug-likeness (QED) is 0.356. The van der Waals surface area contributed by atoms with E-state index in [0.717, 1.165) is 11.8 Å². The Hall–Kier alpha value is 0.0949. The second-order valence-corrected chi connectivity index (χ2v) is 8.27. The lowest BCUT2D eigenvalue weighted by Crippen LogP contribution is -2.33. The van der Waals surface area contributed by atoms with Crippen LogP contribution in [0.3, 0.4) is 0 Å². The van der Waals surface area contributed by atoms with Gasteiger partial charge in [0.1, 0.15) is 0 Å². The fraction of sp³-hybridized carbons (Fsp3) is 0.895. The van der Waals surface area contributed by atoms with Crippen LogP contribution >= 0.6 is 11.6 Å². The van der Waals surface area contributed by atoms with Crippen molar-refractivity contribution in [2.24, 2.45) is 17.8 Å². The first-order chi connectivity index (χ1) is 9.88. The van der Waals surface area contributed by atoms with E-state index >= 15 is 0 Å². The third kappa shape index (κ3) is 5.66. The summed E-state index contributed by atoms with van der Waals surface area (Å²) in [7, 11) is 0. The van der Waals surface area contributed by atoms with Gasteiger partial charge < -0.3 is 0 Å². The van der Waals surface area contributed by atoms with Crippen molar-refractivity contribution >= 4 is 18.3 Å². The smallest absolute Gasteiger partial charge is 0.123 e. The molecule has 2 atom stereocenters. The summed E-state index contributed by atoms with van der Waals surface area (Å²) >= 11 is 6.41. The molecule has 0 amide bonds. The van der Waals surface area contributed by atoms with E-state index in [1.165, 1.54) is 37.6 Å². The summed E-state index contributed by atoms with van der Waals surface area (Å²) in [6.45, 7) is 14.9. The Morgan fingerprint density at radius 3 is 1.81 bits per heavy atom. The molecule has 1 fully saturated rings. The van der Waals surface area contributed by atoms with E-state index in [0.29, 0.717) is 30.2 Å². The highest BCUT2D eigenvalue weighted by molar-refractivity contribution is 6.70. The maximum atomic E-state index is 6.41. The van der Waals surface area contributed by atoms with Gasteiger partial charge in [-0.1, -0.05) is 95.8 Å². The maximum absolute atomic E-state index is 6.41. The highest BCUT2D eigenvalue weighted by Gasteiger charge is 2.34. The molecule has 1 saturated carbocycles. The molecule has 0 saturated heterocycles. The first-order valence-corrected chi connectivity index (χ1v) is 9.68. The van der Waals surface area contributed by atoms with Gasteiger partial charge >= 0.3 is 0 Å². The molecule has 1 rings (SSSR count). The molecule has 0 aromatic rings. The summed E-state index contributed by atoms with van der Waals surface area (Å²) in [6.07, 6.45) is 9.56. The molecule has 0 N–H and O–H groups in total. The van der Waals surface area contributed by atoms with E-state index < -0.39 is 0 Å². The Bertz CT molecular complexity index is 302. The first kappa shape index (κ1) is 19.1. The van der Waals surface area contributed by atoms with E-state index in [1.807, 2.05) is 0 Å². The summed E-state index contributed by atoms with van der Waals surface area (Å²) in [6, 6.07) is 0. The van der Waals surface area contributed by atoms with Gasteiger partial charge in [0.05, 0.1) is 0 Å². The Kier molecular flexibility index (Phi) is 8.46. The highest BCUT2D eigenvalue weighted by atomic mass is 35.5. The van der Waals surface area contributed by atoms with Crippen molar-refractivity contribution < 1.29 is 0 Å². The van der Waals surface area contributed by atoms with Gasteiger partial charge in [-0.05, 0) is 18.8 Å². The molecule has 0 spiro atoms. The van der Waals surface area contributed by atoms with Crippen LogP contribution in [-0.2, 0) is 0 Å². The van der Waals surface area contributed by atoms with Crippen molar-refractivity contribution in [3.63, 3.8) is 0 Å². The molecule has 0 aromatic heterocycles. The predicted octanol–water partition coefficient (Wildman–Crippen LogP) is 6.86. The summed E-state index contributed by atoms with van der Waals surface area (Å²) < 4.78 is 0. The molecule has 1 aliphatic rings. The minimum absolute atomic E-state index is 0.643. The lowest BCUT2D eigenvalue weighted by molar-refractivity contribution is 0.418. The van der Waals surface area contributed by atoms with Crippen molar-refractivity contribution in [3.05, 3.63) is 11.5 Å². The Labute approximate surface area is 139 Å². The number of allylic oxidation sites excluding steroid dienone is 2. The second-order valence-electron chi connectivity index (χ2n) is 8.01. The molecule has 21 heavy (non-hydrogen) atoms. The van der Waals surface area contributed by atoms with Crippen LogP contribution in [0.25, 0.3) is 0 Å². The lowest BCUT2D eigenvalue weighted by Gasteiger charge is -2.34. The average molecular weight is 311 g/mol. The molecular weight excluding hydrogens is 274 g/mol. The largest absolute Gasteiger partial charge is 0.178 e. The number of rotatable bonds is 7. The SMILES string of the molecule is CC(C)C(C)B(/C(=C/C1CCCCC1)CCl)C(C)C(C)C. The third-order valence-electron chi connectivity index (χ3n) is 5.92. The zero-order valence-electron chi connectivity index (χ0n) is 15.2. The van der Waals surface area contributed by atoms with Crippen LogP contribution in [-0.4, -0.2) is 12.6 Å². The number of hydrogen-bond acceptors (Lipinski definition) is 0. The van der Waals surface area contributed by atoms with Gasteiger partial charge in [0.15, 0.2) is 6.71 Å². The van der Waals surface area contributed by atoms with Gasteiger partial charge in [-0.2, -0.15) is 0 Å². The first-order valence-electron chi connectivity index (χ1n) is 9.15. The number of alkyl halides is 1. The molecule has 0 radical (unpaired) electrons. The van der Waals surface area contributed by atoms with Gasteiger partial charge in [0.25, 0.3) is 0 Å². The maximum Gasteiger partial charge on any atom is 0.178 e. The zero-order valence-corrected chi connectivity index (χ0v) is 15.9. The fourth-order valence-electron chi connectivity index (χ4n) is 3.83. The molecule has 2 heteroatoms. The number of hydrogen-bond donors (Lipinski definition) is 0.